The lowest BCUT2D eigenvalue weighted by atomic mass is 9.87. The summed E-state index contributed by atoms with van der Waals surface area (Å²) in [4.78, 5) is 0. The maximum absolute atomic E-state index is 14.4. The molecule has 0 bridgehead atoms. The largest absolute Gasteiger partial charge is 0.525 e. The quantitative estimate of drug-likeness (QED) is 0.629. The van der Waals surface area contributed by atoms with Crippen molar-refractivity contribution in [2.75, 3.05) is 13.7 Å². The minimum absolute atomic E-state index is 0.387. The first kappa shape index (κ1) is 17.7. The lowest BCUT2D eigenvalue weighted by Crippen LogP contribution is -2.41. The molecule has 0 atom stereocenters. The van der Waals surface area contributed by atoms with E-state index in [1.807, 2.05) is 52.0 Å². The van der Waals surface area contributed by atoms with Gasteiger partial charge in [-0.3, -0.25) is 0 Å². The molecule has 1 aliphatic rings. The number of hydrogen-bond acceptors (Lipinski definition) is 3. The third-order valence-electron chi connectivity index (χ3n) is 4.14. The number of benzene rings is 1. The number of halogens is 1. The standard InChI is InChI=1S/C18H22BFO3/c1-17(2)18(3,4)23-19(22-17)16(20)13-15-10-8-14(9-11-15)7-6-12-21-5/h8-11,13H,12H2,1-5H3. The van der Waals surface area contributed by atoms with Crippen LogP contribution in [-0.2, 0) is 14.0 Å². The van der Waals surface area contributed by atoms with Crippen molar-refractivity contribution in [3.63, 3.8) is 0 Å². The van der Waals surface area contributed by atoms with Gasteiger partial charge < -0.3 is 14.0 Å². The zero-order valence-corrected chi connectivity index (χ0v) is 14.3. The summed E-state index contributed by atoms with van der Waals surface area (Å²) >= 11 is 0. The van der Waals surface area contributed by atoms with Gasteiger partial charge in [0.25, 0.3) is 0 Å². The normalized spacial score (nSPS) is 19.4. The van der Waals surface area contributed by atoms with Gasteiger partial charge in [0.1, 0.15) is 12.3 Å². The molecule has 23 heavy (non-hydrogen) atoms. The van der Waals surface area contributed by atoms with Crippen LogP contribution in [0, 0.1) is 11.8 Å². The maximum Gasteiger partial charge on any atom is 0.525 e. The van der Waals surface area contributed by atoms with Crippen LogP contribution in [0.2, 0.25) is 0 Å². The van der Waals surface area contributed by atoms with E-state index in [9.17, 15) is 4.39 Å². The summed E-state index contributed by atoms with van der Waals surface area (Å²) in [5.74, 6) is 5.84. The van der Waals surface area contributed by atoms with Crippen LogP contribution in [0.25, 0.3) is 6.08 Å². The van der Waals surface area contributed by atoms with Crippen molar-refractivity contribution in [2.24, 2.45) is 0 Å². The molecule has 122 valence electrons. The highest BCUT2D eigenvalue weighted by Gasteiger charge is 2.52. The molecule has 0 spiro atoms. The van der Waals surface area contributed by atoms with Gasteiger partial charge in [-0.2, -0.15) is 0 Å². The Morgan fingerprint density at radius 1 is 1.17 bits per heavy atom. The van der Waals surface area contributed by atoms with Gasteiger partial charge in [-0.05, 0) is 51.5 Å². The Bertz CT molecular complexity index is 622. The zero-order valence-electron chi connectivity index (χ0n) is 14.3. The first-order chi connectivity index (χ1) is 10.7. The second-order valence-corrected chi connectivity index (χ2v) is 6.47. The van der Waals surface area contributed by atoms with Gasteiger partial charge in [-0.15, -0.1) is 0 Å². The number of rotatable bonds is 3. The molecule has 3 nitrogen and oxygen atoms in total. The van der Waals surface area contributed by atoms with Crippen LogP contribution in [0.1, 0.15) is 38.8 Å². The molecule has 1 heterocycles. The summed E-state index contributed by atoms with van der Waals surface area (Å²) in [5, 5.41) is 0. The maximum atomic E-state index is 14.4. The first-order valence-electron chi connectivity index (χ1n) is 7.56. The smallest absolute Gasteiger partial charge is 0.398 e. The van der Waals surface area contributed by atoms with Crippen LogP contribution < -0.4 is 0 Å². The number of methoxy groups -OCH3 is 1. The van der Waals surface area contributed by atoms with E-state index in [0.717, 1.165) is 11.1 Å². The van der Waals surface area contributed by atoms with Crippen LogP contribution >= 0.6 is 0 Å². The lowest BCUT2D eigenvalue weighted by molar-refractivity contribution is 0.00578. The van der Waals surface area contributed by atoms with Crippen LogP contribution in [0.4, 0.5) is 4.39 Å². The van der Waals surface area contributed by atoms with Crippen LogP contribution in [-0.4, -0.2) is 32.0 Å². The molecule has 1 fully saturated rings. The average molecular weight is 316 g/mol. The summed E-state index contributed by atoms with van der Waals surface area (Å²) in [6, 6.07) is 7.29. The van der Waals surface area contributed by atoms with Crippen molar-refractivity contribution in [1.82, 2.24) is 0 Å². The summed E-state index contributed by atoms with van der Waals surface area (Å²) in [6.45, 7) is 7.97. The molecule has 0 N–H and O–H groups in total. The van der Waals surface area contributed by atoms with Crippen molar-refractivity contribution in [1.29, 1.82) is 0 Å². The molecule has 0 unspecified atom stereocenters. The number of ether oxygens (including phenoxy) is 1. The Balaban J connectivity index is 2.09. The Morgan fingerprint density at radius 3 is 2.26 bits per heavy atom. The molecule has 0 saturated carbocycles. The molecule has 2 rings (SSSR count). The second kappa shape index (κ2) is 6.88. The molecular formula is C18H22BFO3. The topological polar surface area (TPSA) is 27.7 Å². The van der Waals surface area contributed by atoms with Crippen molar-refractivity contribution < 1.29 is 18.4 Å². The van der Waals surface area contributed by atoms with E-state index in [1.165, 1.54) is 6.08 Å². The Hall–Kier alpha value is -1.61. The average Bonchev–Trinajstić information content (AvgIpc) is 2.70. The predicted molar refractivity (Wildman–Crippen MR) is 90.4 cm³/mol. The van der Waals surface area contributed by atoms with Crippen molar-refractivity contribution in [3.8, 4) is 11.8 Å². The highest BCUT2D eigenvalue weighted by Crippen LogP contribution is 2.39. The molecule has 5 heteroatoms. The Morgan fingerprint density at radius 2 is 1.74 bits per heavy atom. The zero-order chi connectivity index (χ0) is 17.1. The molecule has 0 aliphatic carbocycles. The molecule has 1 aromatic carbocycles. The van der Waals surface area contributed by atoms with E-state index in [1.54, 1.807) is 7.11 Å². The van der Waals surface area contributed by atoms with E-state index in [0.29, 0.717) is 6.61 Å². The lowest BCUT2D eigenvalue weighted by Gasteiger charge is -2.32. The summed E-state index contributed by atoms with van der Waals surface area (Å²) in [6.07, 6.45) is 1.43. The fourth-order valence-electron chi connectivity index (χ4n) is 2.06. The van der Waals surface area contributed by atoms with Gasteiger partial charge in [0.05, 0.1) is 11.2 Å². The van der Waals surface area contributed by atoms with E-state index >= 15 is 0 Å². The molecule has 0 amide bonds. The highest BCUT2D eigenvalue weighted by molar-refractivity contribution is 6.54. The molecule has 0 radical (unpaired) electrons. The third-order valence-corrected chi connectivity index (χ3v) is 4.14. The Kier molecular flexibility index (Phi) is 5.31. The first-order valence-corrected chi connectivity index (χ1v) is 7.56. The van der Waals surface area contributed by atoms with Gasteiger partial charge in [0, 0.05) is 12.7 Å². The monoisotopic (exact) mass is 316 g/mol. The van der Waals surface area contributed by atoms with Crippen LogP contribution in [0.15, 0.2) is 30.0 Å². The van der Waals surface area contributed by atoms with Gasteiger partial charge >= 0.3 is 7.12 Å². The van der Waals surface area contributed by atoms with E-state index < -0.39 is 24.0 Å². The van der Waals surface area contributed by atoms with E-state index in [2.05, 4.69) is 11.8 Å². The third kappa shape index (κ3) is 4.23. The highest BCUT2D eigenvalue weighted by atomic mass is 19.1. The van der Waals surface area contributed by atoms with Crippen LogP contribution in [0.3, 0.4) is 0 Å². The van der Waals surface area contributed by atoms with E-state index in [4.69, 9.17) is 14.0 Å². The summed E-state index contributed by atoms with van der Waals surface area (Å²) < 4.78 is 30.6. The van der Waals surface area contributed by atoms with Crippen molar-refractivity contribution in [3.05, 3.63) is 41.1 Å². The summed E-state index contributed by atoms with van der Waals surface area (Å²) in [7, 11) is 0.627. The molecule has 1 saturated heterocycles. The van der Waals surface area contributed by atoms with Crippen molar-refractivity contribution >= 4 is 13.2 Å². The van der Waals surface area contributed by atoms with Crippen LogP contribution in [0.5, 0.6) is 0 Å². The predicted octanol–water partition coefficient (Wildman–Crippen LogP) is 3.63. The second-order valence-electron chi connectivity index (χ2n) is 6.47. The minimum Gasteiger partial charge on any atom is -0.398 e. The van der Waals surface area contributed by atoms with E-state index in [-0.39, 0.29) is 0 Å². The molecule has 0 aromatic heterocycles. The van der Waals surface area contributed by atoms with Gasteiger partial charge in [0.2, 0.25) is 0 Å². The Labute approximate surface area is 138 Å². The SMILES string of the molecule is COCC#Cc1ccc(C=C(F)B2OC(C)(C)C(C)(C)O2)cc1. The molecular weight excluding hydrogens is 294 g/mol. The molecule has 1 aromatic rings. The van der Waals surface area contributed by atoms with Gasteiger partial charge in [-0.25, -0.2) is 4.39 Å². The fraction of sp³-hybridized carbons (Fsp3) is 0.444. The summed E-state index contributed by atoms with van der Waals surface area (Å²) in [5.41, 5.74) is 0.0411. The van der Waals surface area contributed by atoms with Gasteiger partial charge in [0.15, 0.2) is 0 Å². The van der Waals surface area contributed by atoms with Crippen molar-refractivity contribution in [2.45, 2.75) is 38.9 Å². The van der Waals surface area contributed by atoms with Gasteiger partial charge in [-0.1, -0.05) is 24.0 Å². The minimum atomic E-state index is -0.971. The fourth-order valence-corrected chi connectivity index (χ4v) is 2.06. The molecule has 1 aliphatic heterocycles. The number of hydrogen-bond donors (Lipinski definition) is 0.